The monoisotopic (exact) mass is 815 g/mol. The molecule has 0 aliphatic heterocycles. The van der Waals surface area contributed by atoms with Gasteiger partial charge < -0.3 is 14.2 Å². The summed E-state index contributed by atoms with van der Waals surface area (Å²) in [5, 5.41) is 0. The summed E-state index contributed by atoms with van der Waals surface area (Å²) in [7, 11) is 0. The Bertz CT molecular complexity index is 984. The van der Waals surface area contributed by atoms with Crippen LogP contribution in [-0.2, 0) is 28.6 Å². The van der Waals surface area contributed by atoms with Gasteiger partial charge in [-0.3, -0.25) is 14.4 Å². The summed E-state index contributed by atoms with van der Waals surface area (Å²) in [6.45, 7) is 6.57. The van der Waals surface area contributed by atoms with E-state index in [-0.39, 0.29) is 31.1 Å². The highest BCUT2D eigenvalue weighted by Crippen LogP contribution is 2.15. The molecule has 0 amide bonds. The van der Waals surface area contributed by atoms with Crippen molar-refractivity contribution in [2.24, 2.45) is 0 Å². The van der Waals surface area contributed by atoms with E-state index in [2.05, 4.69) is 57.2 Å². The Balaban J connectivity index is 4.34. The van der Waals surface area contributed by atoms with Crippen molar-refractivity contribution in [3.05, 3.63) is 36.5 Å². The third-order valence-electron chi connectivity index (χ3n) is 10.9. The van der Waals surface area contributed by atoms with Crippen molar-refractivity contribution in [1.29, 1.82) is 0 Å². The molecule has 0 N–H and O–H groups in total. The number of rotatable bonds is 45. The highest BCUT2D eigenvalue weighted by molar-refractivity contribution is 5.71. The minimum atomic E-state index is -0.777. The second-order valence-corrected chi connectivity index (χ2v) is 16.8. The number of carbonyl (C=O) groups excluding carboxylic acids is 3. The van der Waals surface area contributed by atoms with Crippen LogP contribution in [0.5, 0.6) is 0 Å². The molecule has 0 aliphatic rings. The molecule has 1 atom stereocenters. The number of carbonyl (C=O) groups is 3. The molecule has 0 aliphatic carbocycles. The van der Waals surface area contributed by atoms with Crippen molar-refractivity contribution >= 4 is 17.9 Å². The Hall–Kier alpha value is -2.37. The molecule has 0 radical (unpaired) electrons. The Morgan fingerprint density at radius 1 is 0.345 bits per heavy atom. The Morgan fingerprint density at radius 2 is 0.638 bits per heavy atom. The van der Waals surface area contributed by atoms with Crippen LogP contribution in [0.2, 0.25) is 0 Å². The van der Waals surface area contributed by atoms with E-state index >= 15 is 0 Å². The van der Waals surface area contributed by atoms with Crippen LogP contribution < -0.4 is 0 Å². The highest BCUT2D eigenvalue weighted by Gasteiger charge is 2.19. The Kier molecular flexibility index (Phi) is 45.4. The number of allylic oxidation sites excluding steroid dienone is 6. The summed E-state index contributed by atoms with van der Waals surface area (Å²) in [4.78, 5) is 37.8. The first-order chi connectivity index (χ1) is 28.5. The zero-order valence-electron chi connectivity index (χ0n) is 38.6. The van der Waals surface area contributed by atoms with Gasteiger partial charge in [0, 0.05) is 19.3 Å². The maximum absolute atomic E-state index is 12.7. The number of ether oxygens (including phenoxy) is 3. The molecular formula is C52H94O6. The van der Waals surface area contributed by atoms with Gasteiger partial charge in [-0.2, -0.15) is 0 Å². The molecule has 1 unspecified atom stereocenters. The standard InChI is InChI=1S/C52H94O6/c1-4-7-10-13-16-19-22-24-25-26-27-28-29-31-33-36-39-42-45-51(54)57-48-49(47-56-50(53)44-41-38-35-32-21-18-15-12-9-6-3)58-52(55)46-43-40-37-34-30-23-20-17-14-11-8-5-2/h15,18,25-28,49H,4-14,16-17,19-24,29-48H2,1-3H3/b18-15-,26-25-,28-27-. The van der Waals surface area contributed by atoms with Crippen LogP contribution in [0.4, 0.5) is 0 Å². The minimum Gasteiger partial charge on any atom is -0.462 e. The first-order valence-electron chi connectivity index (χ1n) is 25.0. The SMILES string of the molecule is CCCC/C=C\CCCCCCC(=O)OCC(COC(=O)CCCCCCC/C=C\C=C/CCCCCCCCC)OC(=O)CCCCCCCCCCCCCC. The number of hydrogen-bond acceptors (Lipinski definition) is 6. The lowest BCUT2D eigenvalue weighted by atomic mass is 10.0. The van der Waals surface area contributed by atoms with Crippen LogP contribution in [0.25, 0.3) is 0 Å². The zero-order chi connectivity index (χ0) is 42.3. The number of unbranched alkanes of at least 4 members (excludes halogenated alkanes) is 29. The maximum atomic E-state index is 12.7. The van der Waals surface area contributed by atoms with E-state index in [9.17, 15) is 14.4 Å². The fraction of sp³-hybridized carbons (Fsp3) is 0.827. The van der Waals surface area contributed by atoms with E-state index < -0.39 is 6.10 Å². The molecule has 338 valence electrons. The van der Waals surface area contributed by atoms with E-state index in [1.54, 1.807) is 0 Å². The van der Waals surface area contributed by atoms with Crippen LogP contribution >= 0.6 is 0 Å². The van der Waals surface area contributed by atoms with E-state index in [0.717, 1.165) is 96.3 Å². The molecule has 0 heterocycles. The molecule has 0 aromatic heterocycles. The van der Waals surface area contributed by atoms with Gasteiger partial charge in [-0.1, -0.05) is 211 Å². The van der Waals surface area contributed by atoms with Gasteiger partial charge in [0.2, 0.25) is 0 Å². The molecule has 0 bridgehead atoms. The summed E-state index contributed by atoms with van der Waals surface area (Å²) in [6, 6.07) is 0. The molecule has 0 aromatic rings. The van der Waals surface area contributed by atoms with E-state index in [1.165, 1.54) is 122 Å². The summed E-state index contributed by atoms with van der Waals surface area (Å²) >= 11 is 0. The van der Waals surface area contributed by atoms with Crippen LogP contribution in [0, 0.1) is 0 Å². The molecule has 0 rings (SSSR count). The zero-order valence-corrected chi connectivity index (χ0v) is 38.6. The fourth-order valence-electron chi connectivity index (χ4n) is 7.06. The van der Waals surface area contributed by atoms with E-state index in [0.29, 0.717) is 19.3 Å². The highest BCUT2D eigenvalue weighted by atomic mass is 16.6. The normalized spacial score (nSPS) is 12.3. The minimum absolute atomic E-state index is 0.0811. The van der Waals surface area contributed by atoms with E-state index in [1.807, 2.05) is 0 Å². The number of esters is 3. The largest absolute Gasteiger partial charge is 0.462 e. The molecule has 58 heavy (non-hydrogen) atoms. The van der Waals surface area contributed by atoms with Crippen LogP contribution in [-0.4, -0.2) is 37.2 Å². The van der Waals surface area contributed by atoms with Crippen molar-refractivity contribution in [3.63, 3.8) is 0 Å². The average molecular weight is 815 g/mol. The predicted molar refractivity (Wildman–Crippen MR) is 247 cm³/mol. The molecule has 0 fully saturated rings. The molecule has 0 saturated heterocycles. The van der Waals surface area contributed by atoms with Gasteiger partial charge in [0.15, 0.2) is 6.10 Å². The van der Waals surface area contributed by atoms with Gasteiger partial charge in [-0.25, -0.2) is 0 Å². The molecular weight excluding hydrogens is 721 g/mol. The average Bonchev–Trinajstić information content (AvgIpc) is 3.22. The third kappa shape index (κ3) is 44.7. The van der Waals surface area contributed by atoms with Gasteiger partial charge in [-0.05, 0) is 64.2 Å². The molecule has 6 heteroatoms. The molecule has 0 spiro atoms. The van der Waals surface area contributed by atoms with E-state index in [4.69, 9.17) is 14.2 Å². The van der Waals surface area contributed by atoms with Crippen LogP contribution in [0.3, 0.4) is 0 Å². The van der Waals surface area contributed by atoms with Gasteiger partial charge in [0.1, 0.15) is 13.2 Å². The first-order valence-corrected chi connectivity index (χ1v) is 25.0. The second kappa shape index (κ2) is 47.3. The topological polar surface area (TPSA) is 78.9 Å². The van der Waals surface area contributed by atoms with Gasteiger partial charge in [0.25, 0.3) is 0 Å². The van der Waals surface area contributed by atoms with Crippen molar-refractivity contribution in [2.45, 2.75) is 264 Å². The van der Waals surface area contributed by atoms with Crippen molar-refractivity contribution in [2.75, 3.05) is 13.2 Å². The fourth-order valence-corrected chi connectivity index (χ4v) is 7.06. The van der Waals surface area contributed by atoms with Crippen LogP contribution in [0.15, 0.2) is 36.5 Å². The lowest BCUT2D eigenvalue weighted by Gasteiger charge is -2.18. The van der Waals surface area contributed by atoms with Gasteiger partial charge >= 0.3 is 17.9 Å². The molecule has 0 aromatic carbocycles. The first kappa shape index (κ1) is 55.6. The summed E-state index contributed by atoms with van der Waals surface area (Å²) in [5.74, 6) is -0.902. The quantitative estimate of drug-likeness (QED) is 0.0200. The summed E-state index contributed by atoms with van der Waals surface area (Å²) in [5.41, 5.74) is 0. The van der Waals surface area contributed by atoms with Crippen molar-refractivity contribution in [1.82, 2.24) is 0 Å². The summed E-state index contributed by atoms with van der Waals surface area (Å²) < 4.78 is 16.7. The number of hydrogen-bond donors (Lipinski definition) is 0. The molecule has 6 nitrogen and oxygen atoms in total. The van der Waals surface area contributed by atoms with Crippen molar-refractivity contribution in [3.8, 4) is 0 Å². The predicted octanol–water partition coefficient (Wildman–Crippen LogP) is 16.1. The second-order valence-electron chi connectivity index (χ2n) is 16.8. The smallest absolute Gasteiger partial charge is 0.306 e. The van der Waals surface area contributed by atoms with Gasteiger partial charge in [0.05, 0.1) is 0 Å². The van der Waals surface area contributed by atoms with Gasteiger partial charge in [-0.15, -0.1) is 0 Å². The lowest BCUT2D eigenvalue weighted by molar-refractivity contribution is -0.167. The summed E-state index contributed by atoms with van der Waals surface area (Å²) in [6.07, 6.45) is 54.1. The Labute approximate surface area is 359 Å². The molecule has 0 saturated carbocycles. The Morgan fingerprint density at radius 3 is 1.02 bits per heavy atom. The third-order valence-corrected chi connectivity index (χ3v) is 10.9. The lowest BCUT2D eigenvalue weighted by Crippen LogP contribution is -2.30. The maximum Gasteiger partial charge on any atom is 0.306 e. The van der Waals surface area contributed by atoms with Crippen LogP contribution in [0.1, 0.15) is 258 Å². The van der Waals surface area contributed by atoms with Crippen molar-refractivity contribution < 1.29 is 28.6 Å².